The molecule has 0 saturated carbocycles. The van der Waals surface area contributed by atoms with Crippen molar-refractivity contribution < 1.29 is 23.4 Å². The van der Waals surface area contributed by atoms with E-state index < -0.39 is 12.1 Å². The Hall–Kier alpha value is -3.61. The molecule has 0 unspecified atom stereocenters. The van der Waals surface area contributed by atoms with Crippen molar-refractivity contribution in [3.63, 3.8) is 0 Å². The summed E-state index contributed by atoms with van der Waals surface area (Å²) in [5.41, 5.74) is 1.57. The van der Waals surface area contributed by atoms with Crippen LogP contribution >= 0.6 is 0 Å². The summed E-state index contributed by atoms with van der Waals surface area (Å²) < 4.78 is 21.2. The quantitative estimate of drug-likeness (QED) is 0.451. The number of carbonyl (C=O) groups excluding carboxylic acids is 1. The highest BCUT2D eigenvalue weighted by atomic mass is 16.6. The van der Waals surface area contributed by atoms with E-state index in [1.165, 1.54) is 6.08 Å². The van der Waals surface area contributed by atoms with Crippen LogP contribution in [0.4, 0.5) is 0 Å². The molecule has 28 heavy (non-hydrogen) atoms. The number of hydrogen-bond donors (Lipinski definition) is 0. The molecule has 0 aliphatic rings. The number of aromatic nitrogens is 2. The minimum atomic E-state index is -0.679. The first kappa shape index (κ1) is 19.2. The molecule has 0 bridgehead atoms. The summed E-state index contributed by atoms with van der Waals surface area (Å²) in [6.45, 7) is 1.67. The van der Waals surface area contributed by atoms with Crippen LogP contribution in [0.3, 0.4) is 0 Å². The molecule has 0 aliphatic heterocycles. The van der Waals surface area contributed by atoms with Crippen molar-refractivity contribution in [2.24, 2.45) is 0 Å². The molecule has 0 fully saturated rings. The highest BCUT2D eigenvalue weighted by Gasteiger charge is 2.18. The van der Waals surface area contributed by atoms with Crippen LogP contribution in [0, 0.1) is 0 Å². The average Bonchev–Trinajstić information content (AvgIpc) is 3.23. The SMILES string of the molecule is COc1ccc(-c2nnc([C@@H](C)OC(=O)/C=C/c3cccc(OC)c3)o2)cc1. The second-order valence-electron chi connectivity index (χ2n) is 5.86. The fourth-order valence-corrected chi connectivity index (χ4v) is 2.42. The Balaban J connectivity index is 1.62. The van der Waals surface area contributed by atoms with Gasteiger partial charge < -0.3 is 18.6 Å². The van der Waals surface area contributed by atoms with Crippen LogP contribution in [0.1, 0.15) is 24.5 Å². The van der Waals surface area contributed by atoms with E-state index in [4.69, 9.17) is 18.6 Å². The number of carbonyl (C=O) groups is 1. The number of esters is 1. The third kappa shape index (κ3) is 4.76. The average molecular weight is 380 g/mol. The normalized spacial score (nSPS) is 12.0. The van der Waals surface area contributed by atoms with Crippen LogP contribution in [0.5, 0.6) is 11.5 Å². The highest BCUT2D eigenvalue weighted by molar-refractivity contribution is 5.87. The Morgan fingerprint density at radius 1 is 1.04 bits per heavy atom. The Morgan fingerprint density at radius 3 is 2.50 bits per heavy atom. The summed E-state index contributed by atoms with van der Waals surface area (Å²) in [6.07, 6.45) is 2.31. The lowest BCUT2D eigenvalue weighted by atomic mass is 10.2. The molecule has 0 N–H and O–H groups in total. The molecule has 1 heterocycles. The lowest BCUT2D eigenvalue weighted by molar-refractivity contribution is -0.143. The number of methoxy groups -OCH3 is 2. The van der Waals surface area contributed by atoms with Crippen molar-refractivity contribution in [3.05, 3.63) is 66.1 Å². The zero-order chi connectivity index (χ0) is 19.9. The molecule has 7 nitrogen and oxygen atoms in total. The summed E-state index contributed by atoms with van der Waals surface area (Å²) >= 11 is 0. The molecule has 0 aliphatic carbocycles. The van der Waals surface area contributed by atoms with Gasteiger partial charge in [-0.15, -0.1) is 10.2 Å². The van der Waals surface area contributed by atoms with Crippen LogP contribution in [0.25, 0.3) is 17.5 Å². The van der Waals surface area contributed by atoms with Gasteiger partial charge in [-0.2, -0.15) is 0 Å². The van der Waals surface area contributed by atoms with Crippen LogP contribution < -0.4 is 9.47 Å². The summed E-state index contributed by atoms with van der Waals surface area (Å²) in [7, 11) is 3.18. The van der Waals surface area contributed by atoms with Gasteiger partial charge in [-0.3, -0.25) is 0 Å². The number of nitrogens with zero attached hydrogens (tertiary/aromatic N) is 2. The summed E-state index contributed by atoms with van der Waals surface area (Å²) in [5.74, 6) is 1.48. The van der Waals surface area contributed by atoms with Crippen molar-refractivity contribution in [1.29, 1.82) is 0 Å². The van der Waals surface area contributed by atoms with E-state index in [0.717, 1.165) is 16.9 Å². The molecule has 3 rings (SSSR count). The number of hydrogen-bond acceptors (Lipinski definition) is 7. The predicted molar refractivity (Wildman–Crippen MR) is 103 cm³/mol. The van der Waals surface area contributed by atoms with Crippen LogP contribution in [-0.4, -0.2) is 30.4 Å². The van der Waals surface area contributed by atoms with Gasteiger partial charge in [0.25, 0.3) is 5.89 Å². The van der Waals surface area contributed by atoms with Crippen molar-refractivity contribution in [3.8, 4) is 23.0 Å². The minimum Gasteiger partial charge on any atom is -0.497 e. The lowest BCUT2D eigenvalue weighted by Crippen LogP contribution is -2.06. The fraction of sp³-hybridized carbons (Fsp3) is 0.190. The smallest absolute Gasteiger partial charge is 0.331 e. The molecular formula is C21H20N2O5. The van der Waals surface area contributed by atoms with Crippen molar-refractivity contribution in [2.45, 2.75) is 13.0 Å². The number of ether oxygens (including phenoxy) is 3. The van der Waals surface area contributed by atoms with E-state index in [2.05, 4.69) is 10.2 Å². The third-order valence-electron chi connectivity index (χ3n) is 3.92. The largest absolute Gasteiger partial charge is 0.497 e. The van der Waals surface area contributed by atoms with Crippen LogP contribution in [-0.2, 0) is 9.53 Å². The van der Waals surface area contributed by atoms with Gasteiger partial charge in [0.15, 0.2) is 6.10 Å². The van der Waals surface area contributed by atoms with Gasteiger partial charge in [0, 0.05) is 11.6 Å². The number of benzene rings is 2. The van der Waals surface area contributed by atoms with E-state index in [1.54, 1.807) is 39.4 Å². The molecule has 7 heteroatoms. The van der Waals surface area contributed by atoms with Gasteiger partial charge in [0.05, 0.1) is 14.2 Å². The molecule has 1 atom stereocenters. The first-order chi connectivity index (χ1) is 13.6. The minimum absolute atomic E-state index is 0.217. The zero-order valence-corrected chi connectivity index (χ0v) is 15.8. The summed E-state index contributed by atoms with van der Waals surface area (Å²) in [5, 5.41) is 7.97. The Bertz CT molecular complexity index is 963. The van der Waals surface area contributed by atoms with Gasteiger partial charge >= 0.3 is 5.97 Å². The lowest BCUT2D eigenvalue weighted by Gasteiger charge is -2.07. The second-order valence-corrected chi connectivity index (χ2v) is 5.86. The first-order valence-electron chi connectivity index (χ1n) is 8.59. The van der Waals surface area contributed by atoms with E-state index in [-0.39, 0.29) is 5.89 Å². The Morgan fingerprint density at radius 2 is 1.79 bits per heavy atom. The monoisotopic (exact) mass is 380 g/mol. The van der Waals surface area contributed by atoms with Crippen molar-refractivity contribution >= 4 is 12.0 Å². The molecule has 144 valence electrons. The highest BCUT2D eigenvalue weighted by Crippen LogP contribution is 2.24. The maximum atomic E-state index is 12.1. The van der Waals surface area contributed by atoms with Gasteiger partial charge in [0.1, 0.15) is 11.5 Å². The molecule has 2 aromatic carbocycles. The predicted octanol–water partition coefficient (Wildman–Crippen LogP) is 4.07. The van der Waals surface area contributed by atoms with Crippen molar-refractivity contribution in [1.82, 2.24) is 10.2 Å². The van der Waals surface area contributed by atoms with Gasteiger partial charge in [0.2, 0.25) is 5.89 Å². The molecule has 0 amide bonds. The molecule has 1 aromatic heterocycles. The van der Waals surface area contributed by atoms with Crippen LogP contribution in [0.2, 0.25) is 0 Å². The van der Waals surface area contributed by atoms with E-state index in [9.17, 15) is 4.79 Å². The molecule has 0 radical (unpaired) electrons. The van der Waals surface area contributed by atoms with E-state index in [0.29, 0.717) is 11.6 Å². The summed E-state index contributed by atoms with van der Waals surface area (Å²) in [4.78, 5) is 12.1. The summed E-state index contributed by atoms with van der Waals surface area (Å²) in [6, 6.07) is 14.5. The molecule has 0 spiro atoms. The Kier molecular flexibility index (Phi) is 6.06. The first-order valence-corrected chi connectivity index (χ1v) is 8.59. The molecule has 0 saturated heterocycles. The van der Waals surface area contributed by atoms with E-state index in [1.807, 2.05) is 36.4 Å². The Labute approximate surface area is 162 Å². The molecular weight excluding hydrogens is 360 g/mol. The maximum absolute atomic E-state index is 12.1. The fourth-order valence-electron chi connectivity index (χ4n) is 2.42. The molecule has 3 aromatic rings. The zero-order valence-electron chi connectivity index (χ0n) is 15.8. The van der Waals surface area contributed by atoms with Gasteiger partial charge in [-0.25, -0.2) is 4.79 Å². The topological polar surface area (TPSA) is 83.7 Å². The number of rotatable bonds is 7. The van der Waals surface area contributed by atoms with Crippen molar-refractivity contribution in [2.75, 3.05) is 14.2 Å². The van der Waals surface area contributed by atoms with Gasteiger partial charge in [-0.05, 0) is 55.0 Å². The van der Waals surface area contributed by atoms with Gasteiger partial charge in [-0.1, -0.05) is 12.1 Å². The van der Waals surface area contributed by atoms with E-state index >= 15 is 0 Å². The standard InChI is InChI=1S/C21H20N2O5/c1-14(27-19(24)12-7-15-5-4-6-18(13-15)26-3)20-22-23-21(28-20)16-8-10-17(25-2)11-9-16/h4-14H,1-3H3/b12-7+/t14-/m1/s1. The maximum Gasteiger partial charge on any atom is 0.331 e. The third-order valence-corrected chi connectivity index (χ3v) is 3.92. The second kappa shape index (κ2) is 8.85. The van der Waals surface area contributed by atoms with Crippen LogP contribution in [0.15, 0.2) is 59.0 Å².